The van der Waals surface area contributed by atoms with Gasteiger partial charge >= 0.3 is 22.3 Å². The Labute approximate surface area is 491 Å². The van der Waals surface area contributed by atoms with Crippen molar-refractivity contribution in [1.82, 2.24) is 34.9 Å². The van der Waals surface area contributed by atoms with E-state index in [1.54, 1.807) is 0 Å². The summed E-state index contributed by atoms with van der Waals surface area (Å²) >= 11 is 13.6. The third kappa shape index (κ3) is 13.8. The van der Waals surface area contributed by atoms with Crippen molar-refractivity contribution in [1.29, 1.82) is 0 Å². The Kier molecular flexibility index (Phi) is 17.0. The molecule has 12 N–H and O–H groups in total. The largest absolute Gasteiger partial charge is 0.450 e. The minimum absolute atomic E-state index is 0.0116. The summed E-state index contributed by atoms with van der Waals surface area (Å²) in [5.74, 6) is -3.73. The van der Waals surface area contributed by atoms with Crippen molar-refractivity contribution in [2.75, 3.05) is 58.1 Å². The molecule has 456 valence electrons. The van der Waals surface area contributed by atoms with Crippen LogP contribution in [0.25, 0.3) is 22.6 Å². The molecule has 0 fully saturated rings. The average molecular weight is 1360 g/mol. The second-order valence-corrected chi connectivity index (χ2v) is 26.4. The van der Waals surface area contributed by atoms with E-state index in [2.05, 4.69) is 71.8 Å². The zero-order valence-corrected chi connectivity index (χ0v) is 48.4. The normalized spacial score (nSPS) is 13.2. The Morgan fingerprint density at radius 2 is 1.03 bits per heavy atom. The zero-order valence-electron chi connectivity index (χ0n) is 42.0. The van der Waals surface area contributed by atoms with Crippen LogP contribution in [0.15, 0.2) is 99.4 Å². The van der Waals surface area contributed by atoms with Gasteiger partial charge in [0.15, 0.2) is 32.6 Å². The lowest BCUT2D eigenvalue weighted by Gasteiger charge is -2.27. The quantitative estimate of drug-likeness (QED) is 0.0255. The van der Waals surface area contributed by atoms with Crippen LogP contribution in [0.1, 0.15) is 12.8 Å². The molecular formula is C42H34Cl2F2N14O20S6. The van der Waals surface area contributed by atoms with Crippen molar-refractivity contribution >= 4 is 147 Å². The van der Waals surface area contributed by atoms with E-state index in [4.69, 9.17) is 32.4 Å². The third-order valence-electron chi connectivity index (χ3n) is 11.5. The highest BCUT2D eigenvalue weighted by Crippen LogP contribution is 2.55. The summed E-state index contributed by atoms with van der Waals surface area (Å²) < 4.78 is 246. The van der Waals surface area contributed by atoms with E-state index in [1.807, 2.05) is 0 Å². The molecule has 2 aliphatic heterocycles. The Hall–Kier alpha value is -7.98. The molecule has 0 bridgehead atoms. The molecule has 3 aliphatic rings. The molecule has 0 unspecified atom stereocenters. The minimum atomic E-state index is -5.21. The molecule has 86 heavy (non-hydrogen) atoms. The number of rotatable bonds is 21. The highest BCUT2D eigenvalue weighted by atomic mass is 35.5. The van der Waals surface area contributed by atoms with Crippen LogP contribution < -0.4 is 42.0 Å². The number of hydrogen-bond donors (Lipinski definition) is 12. The van der Waals surface area contributed by atoms with Gasteiger partial charge in [0.25, 0.3) is 50.6 Å². The fraction of sp³-hybridized carbons (Fsp3) is 0.143. The van der Waals surface area contributed by atoms with Crippen LogP contribution in [0.5, 0.6) is 11.5 Å². The second-order valence-electron chi connectivity index (χ2n) is 17.3. The Bertz CT molecular complexity index is 4910. The number of halogens is 4. The lowest BCUT2D eigenvalue weighted by molar-refractivity contribution is 0.449. The molecule has 4 heterocycles. The summed E-state index contributed by atoms with van der Waals surface area (Å²) in [6.07, 6.45) is -2.76. The zero-order chi connectivity index (χ0) is 62.6. The Morgan fingerprint density at radius 3 is 1.55 bits per heavy atom. The molecule has 34 nitrogen and oxygen atoms in total. The predicted octanol–water partition coefficient (Wildman–Crippen LogP) is 5.02. The number of ether oxygens (including phenoxy) is 1. The van der Waals surface area contributed by atoms with Crippen LogP contribution in [0, 0.1) is 12.2 Å². The first-order valence-electron chi connectivity index (χ1n) is 23.2. The van der Waals surface area contributed by atoms with E-state index in [0.717, 1.165) is 6.07 Å². The molecule has 2 aromatic heterocycles. The number of fused-ring (bicyclic) bond motifs is 4. The highest BCUT2D eigenvalue weighted by molar-refractivity contribution is 7.87. The van der Waals surface area contributed by atoms with Crippen LogP contribution in [0.3, 0.4) is 0 Å². The fourth-order valence-corrected chi connectivity index (χ4v) is 12.3. The number of hydrogen-bond acceptors (Lipinski definition) is 28. The molecular weight excluding hydrogens is 1320 g/mol. The summed E-state index contributed by atoms with van der Waals surface area (Å²) in [5.41, 5.74) is -2.80. The maximum Gasteiger partial charge on any atom is 0.315 e. The van der Waals surface area contributed by atoms with Gasteiger partial charge in [0, 0.05) is 26.2 Å². The highest BCUT2D eigenvalue weighted by Gasteiger charge is 2.35. The van der Waals surface area contributed by atoms with Crippen LogP contribution >= 0.6 is 23.2 Å². The van der Waals surface area contributed by atoms with E-state index in [0.29, 0.717) is 36.4 Å². The summed E-state index contributed by atoms with van der Waals surface area (Å²) in [4.78, 5) is 24.9. The SMILES string of the molecule is O=S(=O)(O)c1ccc(S(=O)(=O)O)c(Nc2nc(F)nc(NCCCN=c3ccc4nc5c(Cl)c6c(c(Cl)c5oc-4c3S(=O)(=O)O)Nc3ccc(NCCCNc4nc(F)nc(Nc5cc(S(=O)(=O)O)ccc5S(=O)(=O)O)n4)c(S(=O)(=O)O)c3O6)n2)c1. The van der Waals surface area contributed by atoms with Crippen molar-refractivity contribution in [2.45, 2.75) is 42.2 Å². The lowest BCUT2D eigenvalue weighted by atomic mass is 10.1. The Morgan fingerprint density at radius 1 is 0.523 bits per heavy atom. The van der Waals surface area contributed by atoms with Crippen LogP contribution in [-0.2, 0) is 60.7 Å². The Balaban J connectivity index is 0.904. The average Bonchev–Trinajstić information content (AvgIpc) is 0.747. The number of nitrogens with zero attached hydrogens (tertiary/aromatic N) is 8. The van der Waals surface area contributed by atoms with Crippen molar-refractivity contribution in [3.8, 4) is 23.0 Å². The van der Waals surface area contributed by atoms with Crippen LogP contribution in [0.2, 0.25) is 10.0 Å². The molecule has 0 radical (unpaired) electrons. The van der Waals surface area contributed by atoms with Gasteiger partial charge < -0.3 is 41.1 Å². The third-order valence-corrected chi connectivity index (χ3v) is 17.5. The monoisotopic (exact) mass is 1350 g/mol. The number of nitrogens with one attached hydrogen (secondary N) is 6. The minimum Gasteiger partial charge on any atom is -0.450 e. The first-order valence-corrected chi connectivity index (χ1v) is 32.6. The van der Waals surface area contributed by atoms with Gasteiger partial charge in [-0.25, -0.2) is 4.98 Å². The number of aromatic nitrogens is 7. The van der Waals surface area contributed by atoms with Crippen molar-refractivity contribution in [3.63, 3.8) is 0 Å². The fourth-order valence-electron chi connectivity index (χ4n) is 7.94. The van der Waals surface area contributed by atoms with Gasteiger partial charge in [0.2, 0.25) is 23.8 Å². The maximum atomic E-state index is 14.5. The summed E-state index contributed by atoms with van der Waals surface area (Å²) in [6, 6.07) is 8.72. The van der Waals surface area contributed by atoms with Gasteiger partial charge in [-0.2, -0.15) is 89.2 Å². The summed E-state index contributed by atoms with van der Waals surface area (Å²) in [6.45, 7) is -0.522. The number of benzene rings is 5. The van der Waals surface area contributed by atoms with Crippen molar-refractivity contribution < 1.29 is 95.8 Å². The number of anilines is 9. The summed E-state index contributed by atoms with van der Waals surface area (Å²) in [7, 11) is -30.2. The van der Waals surface area contributed by atoms with Gasteiger partial charge in [-0.3, -0.25) is 32.3 Å². The molecule has 0 amide bonds. The standard InChI is InChI=1S/C42H34Cl2F2N14O20S6/c43-27-30-34(80-32-20(52-30)6-8-22(36(32)86(76,77)78)48-12-2-14-50-40-56-38(46)58-42(60-40)54-24-16-18(82(64,65)66)4-10-26(24)84(70,71)72)28(44)29-33(27)79-31-19(51-29)5-7-21(35(31)85(73,74)75)47-11-1-13-49-39-55-37(45)57-41(59-39)53-23-15-17(81(61,62)63)3-9-25(23)83(67,68)69/h3-10,15-16,47,51H,1-2,11-14H2,(H,61,62,63)(H,64,65,66)(H,67,68,69)(H,70,71,72)(H,73,74,75)(H,76,77,78)(H2,49,53,55,57,59)(H2,50,54,56,58,60). The first-order chi connectivity index (χ1) is 40.0. The van der Waals surface area contributed by atoms with Gasteiger partial charge in [0.1, 0.15) is 36.7 Å². The molecule has 4 aromatic carbocycles. The van der Waals surface area contributed by atoms with E-state index in [1.165, 1.54) is 18.2 Å². The molecule has 44 heteroatoms. The molecule has 9 rings (SSSR count). The topological polar surface area (TPSA) is 523 Å². The molecule has 0 saturated carbocycles. The van der Waals surface area contributed by atoms with Gasteiger partial charge in [-0.1, -0.05) is 23.2 Å². The molecule has 0 spiro atoms. The smallest absolute Gasteiger partial charge is 0.315 e. The van der Waals surface area contributed by atoms with Crippen molar-refractivity contribution in [3.05, 3.63) is 88.2 Å². The first kappa shape index (κ1) is 62.5. The van der Waals surface area contributed by atoms with Crippen molar-refractivity contribution in [2.24, 2.45) is 4.99 Å². The lowest BCUT2D eigenvalue weighted by Crippen LogP contribution is -2.19. The van der Waals surface area contributed by atoms with E-state index in [-0.39, 0.29) is 83.4 Å². The van der Waals surface area contributed by atoms with E-state index in [9.17, 15) is 86.6 Å². The molecule has 0 saturated heterocycles. The maximum absolute atomic E-state index is 14.5. The second kappa shape index (κ2) is 23.4. The van der Waals surface area contributed by atoms with E-state index >= 15 is 0 Å². The van der Waals surface area contributed by atoms with Gasteiger partial charge in [-0.15, -0.1) is 0 Å². The molecule has 1 aliphatic carbocycles. The summed E-state index contributed by atoms with van der Waals surface area (Å²) in [5, 5.41) is 14.3. The van der Waals surface area contributed by atoms with Crippen LogP contribution in [-0.4, -0.2) is 139 Å². The van der Waals surface area contributed by atoms with Gasteiger partial charge in [0.05, 0.1) is 37.9 Å². The van der Waals surface area contributed by atoms with Crippen LogP contribution in [0.4, 0.5) is 61.0 Å². The molecule has 6 aromatic rings. The van der Waals surface area contributed by atoms with E-state index < -0.39 is 160 Å². The predicted molar refractivity (Wildman–Crippen MR) is 293 cm³/mol. The molecule has 0 atom stereocenters. The van der Waals surface area contributed by atoms with Gasteiger partial charge in [-0.05, 0) is 73.5 Å².